The molecule has 4 rings (SSSR count). The summed E-state index contributed by atoms with van der Waals surface area (Å²) in [5.74, 6) is -1.22. The number of benzene rings is 2. The van der Waals surface area contributed by atoms with E-state index in [0.29, 0.717) is 28.2 Å². The number of phenolic OH excluding ortho intramolecular Hbond substituents is 1. The maximum absolute atomic E-state index is 12.5. The van der Waals surface area contributed by atoms with Gasteiger partial charge in [-0.2, -0.15) is 0 Å². The molecule has 0 unspecified atom stereocenters. The number of esters is 1. The van der Waals surface area contributed by atoms with E-state index in [2.05, 4.69) is 0 Å². The van der Waals surface area contributed by atoms with Crippen molar-refractivity contribution in [3.63, 3.8) is 0 Å². The highest BCUT2D eigenvalue weighted by Gasteiger charge is 2.38. The Labute approximate surface area is 177 Å². The lowest BCUT2D eigenvalue weighted by Gasteiger charge is -2.28. The van der Waals surface area contributed by atoms with Gasteiger partial charge in [-0.3, -0.25) is 9.59 Å². The van der Waals surface area contributed by atoms with Crippen molar-refractivity contribution in [1.29, 1.82) is 0 Å². The van der Waals surface area contributed by atoms with Gasteiger partial charge in [0.25, 0.3) is 0 Å². The average Bonchev–Trinajstić information content (AvgIpc) is 2.71. The normalized spacial score (nSPS) is 15.4. The van der Waals surface area contributed by atoms with Crippen LogP contribution in [0.15, 0.2) is 33.5 Å². The van der Waals surface area contributed by atoms with Crippen LogP contribution in [0.3, 0.4) is 0 Å². The van der Waals surface area contributed by atoms with Crippen LogP contribution in [0, 0.1) is 6.92 Å². The van der Waals surface area contributed by atoms with Crippen molar-refractivity contribution in [1.82, 2.24) is 0 Å². The van der Waals surface area contributed by atoms with E-state index in [4.69, 9.17) is 18.6 Å². The Balaban J connectivity index is 2.15. The molecule has 0 amide bonds. The van der Waals surface area contributed by atoms with Crippen LogP contribution in [0.5, 0.6) is 23.0 Å². The number of carbonyl (C=O) groups is 2. The first-order valence-corrected chi connectivity index (χ1v) is 9.53. The number of carbonyl (C=O) groups excluding carboxylic acids is 2. The predicted octanol–water partition coefficient (Wildman–Crippen LogP) is 3.47. The Morgan fingerprint density at radius 2 is 1.90 bits per heavy atom. The third-order valence-corrected chi connectivity index (χ3v) is 5.45. The number of phenols is 1. The van der Waals surface area contributed by atoms with E-state index >= 15 is 0 Å². The van der Waals surface area contributed by atoms with E-state index in [-0.39, 0.29) is 28.7 Å². The van der Waals surface area contributed by atoms with E-state index in [1.807, 2.05) is 0 Å². The summed E-state index contributed by atoms with van der Waals surface area (Å²) in [7, 11) is 3.01. The van der Waals surface area contributed by atoms with Crippen LogP contribution < -0.4 is 19.8 Å². The second kappa shape index (κ2) is 7.46. The number of ether oxygens (including phenoxy) is 3. The predicted molar refractivity (Wildman–Crippen MR) is 111 cm³/mol. The van der Waals surface area contributed by atoms with Crippen molar-refractivity contribution >= 4 is 22.7 Å². The molecule has 1 N–H and O–H groups in total. The minimum Gasteiger partial charge on any atom is -0.506 e. The van der Waals surface area contributed by atoms with Crippen LogP contribution in [0.1, 0.15) is 46.3 Å². The molecule has 1 aliphatic rings. The molecule has 3 aromatic rings. The van der Waals surface area contributed by atoms with Crippen molar-refractivity contribution in [3.05, 3.63) is 56.9 Å². The van der Waals surface area contributed by atoms with Crippen LogP contribution in [0.2, 0.25) is 0 Å². The Bertz CT molecular complexity index is 1300. The number of ketones is 1. The summed E-state index contributed by atoms with van der Waals surface area (Å²) >= 11 is 0. The second-order valence-corrected chi connectivity index (χ2v) is 7.31. The number of methoxy groups -OCH3 is 2. The lowest BCUT2D eigenvalue weighted by atomic mass is 9.82. The maximum Gasteiger partial charge on any atom is 0.336 e. The van der Waals surface area contributed by atoms with Crippen LogP contribution >= 0.6 is 0 Å². The summed E-state index contributed by atoms with van der Waals surface area (Å²) in [6.07, 6.45) is -0.0788. The summed E-state index contributed by atoms with van der Waals surface area (Å²) < 4.78 is 21.7. The van der Waals surface area contributed by atoms with Crippen molar-refractivity contribution in [3.8, 4) is 23.0 Å². The Kier molecular flexibility index (Phi) is 4.93. The van der Waals surface area contributed by atoms with Gasteiger partial charge in [-0.15, -0.1) is 0 Å². The molecule has 0 spiro atoms. The van der Waals surface area contributed by atoms with Crippen LogP contribution in [0.25, 0.3) is 11.0 Å². The maximum atomic E-state index is 12.5. The quantitative estimate of drug-likeness (QED) is 0.293. The van der Waals surface area contributed by atoms with Gasteiger partial charge in [-0.1, -0.05) is 6.07 Å². The van der Waals surface area contributed by atoms with Gasteiger partial charge in [0.15, 0.2) is 11.5 Å². The minimum absolute atomic E-state index is 0.0675. The fourth-order valence-corrected chi connectivity index (χ4v) is 4.11. The summed E-state index contributed by atoms with van der Waals surface area (Å²) in [4.78, 5) is 37.1. The highest BCUT2D eigenvalue weighted by Crippen LogP contribution is 2.51. The molecular weight excluding hydrogens is 404 g/mol. The summed E-state index contributed by atoms with van der Waals surface area (Å²) in [5, 5.41) is 11.1. The van der Waals surface area contributed by atoms with Gasteiger partial charge >= 0.3 is 11.6 Å². The average molecular weight is 424 g/mol. The van der Waals surface area contributed by atoms with Crippen molar-refractivity contribution in [2.75, 3.05) is 14.2 Å². The molecule has 0 aliphatic carbocycles. The molecule has 0 saturated heterocycles. The smallest absolute Gasteiger partial charge is 0.336 e. The summed E-state index contributed by atoms with van der Waals surface area (Å²) in [5.41, 5.74) is 0.697. The molecule has 0 radical (unpaired) electrons. The molecule has 1 atom stereocenters. The SMILES string of the molecule is COc1ccc([C@@H]2CC(=O)Oc3c(C(C)=O)c(O)c4c(C)cc(=O)oc4c32)c(OC)c1. The molecule has 0 fully saturated rings. The lowest BCUT2D eigenvalue weighted by Crippen LogP contribution is -2.24. The van der Waals surface area contributed by atoms with Gasteiger partial charge in [0.2, 0.25) is 0 Å². The number of fused-ring (bicyclic) bond motifs is 3. The van der Waals surface area contributed by atoms with E-state index in [1.54, 1.807) is 25.1 Å². The second-order valence-electron chi connectivity index (χ2n) is 7.31. The molecule has 160 valence electrons. The topological polar surface area (TPSA) is 112 Å². The molecule has 1 aromatic heterocycles. The largest absolute Gasteiger partial charge is 0.506 e. The molecular formula is C23H20O8. The van der Waals surface area contributed by atoms with Crippen molar-refractivity contribution < 1.29 is 33.3 Å². The zero-order valence-corrected chi connectivity index (χ0v) is 17.4. The van der Waals surface area contributed by atoms with Gasteiger partial charge in [0, 0.05) is 29.2 Å². The highest BCUT2D eigenvalue weighted by atomic mass is 16.5. The number of aromatic hydroxyl groups is 1. The number of aryl methyl sites for hydroxylation is 1. The fourth-order valence-electron chi connectivity index (χ4n) is 4.11. The molecule has 1 aliphatic heterocycles. The minimum atomic E-state index is -0.650. The summed E-state index contributed by atoms with van der Waals surface area (Å²) in [6, 6.07) is 6.36. The molecule has 0 saturated carbocycles. The van der Waals surface area contributed by atoms with Crippen molar-refractivity contribution in [2.45, 2.75) is 26.2 Å². The Morgan fingerprint density at radius 1 is 1.16 bits per heavy atom. The molecule has 0 bridgehead atoms. The van der Waals surface area contributed by atoms with E-state index < -0.39 is 29.0 Å². The Morgan fingerprint density at radius 3 is 2.55 bits per heavy atom. The van der Waals surface area contributed by atoms with Gasteiger partial charge in [-0.25, -0.2) is 4.79 Å². The lowest BCUT2D eigenvalue weighted by molar-refractivity contribution is -0.135. The number of hydrogen-bond acceptors (Lipinski definition) is 8. The molecule has 8 heteroatoms. The first kappa shape index (κ1) is 20.5. The number of hydrogen-bond donors (Lipinski definition) is 1. The standard InChI is InChI=1S/C23H20O8/c1-10-7-16(25)30-22-18(10)21(27)19(11(2)24)23-20(22)14(9-17(26)31-23)13-6-5-12(28-3)8-15(13)29-4/h5-8,14,27H,9H2,1-4H3/t14-/m0/s1. The van der Waals surface area contributed by atoms with Crippen LogP contribution in [-0.2, 0) is 4.79 Å². The molecule has 8 nitrogen and oxygen atoms in total. The number of rotatable bonds is 4. The third kappa shape index (κ3) is 3.20. The molecule has 31 heavy (non-hydrogen) atoms. The van der Waals surface area contributed by atoms with E-state index in [9.17, 15) is 19.5 Å². The fraction of sp³-hybridized carbons (Fsp3) is 0.261. The van der Waals surface area contributed by atoms with E-state index in [0.717, 1.165) is 0 Å². The Hall–Kier alpha value is -3.81. The number of Topliss-reactive ketones (excluding diaryl/α,β-unsaturated/α-hetero) is 1. The third-order valence-electron chi connectivity index (χ3n) is 5.45. The van der Waals surface area contributed by atoms with Crippen LogP contribution in [0.4, 0.5) is 0 Å². The monoisotopic (exact) mass is 424 g/mol. The molecule has 2 heterocycles. The van der Waals surface area contributed by atoms with Gasteiger partial charge in [0.1, 0.15) is 28.4 Å². The zero-order chi connectivity index (χ0) is 22.4. The van der Waals surface area contributed by atoms with Gasteiger partial charge < -0.3 is 23.7 Å². The first-order valence-electron chi connectivity index (χ1n) is 9.53. The van der Waals surface area contributed by atoms with Gasteiger partial charge in [0.05, 0.1) is 26.0 Å². The summed E-state index contributed by atoms with van der Waals surface area (Å²) in [6.45, 7) is 2.90. The van der Waals surface area contributed by atoms with Crippen molar-refractivity contribution in [2.24, 2.45) is 0 Å². The van der Waals surface area contributed by atoms with Gasteiger partial charge in [-0.05, 0) is 25.5 Å². The van der Waals surface area contributed by atoms with Crippen LogP contribution in [-0.4, -0.2) is 31.1 Å². The highest BCUT2D eigenvalue weighted by molar-refractivity contribution is 6.09. The first-order chi connectivity index (χ1) is 14.8. The zero-order valence-electron chi connectivity index (χ0n) is 17.4. The van der Waals surface area contributed by atoms with E-state index in [1.165, 1.54) is 27.2 Å². The molecule has 2 aromatic carbocycles.